The van der Waals surface area contributed by atoms with Gasteiger partial charge in [-0.1, -0.05) is 61.7 Å². The largest absolute Gasteiger partial charge is 0.313 e. The quantitative estimate of drug-likeness (QED) is 0.724. The summed E-state index contributed by atoms with van der Waals surface area (Å²) in [6.45, 7) is 0. The standard InChI is InChI=1S/C15H14Br2ClN/c1-19-15(8-10-4-2-3-5-13(10)16)12-9-11(18)6-7-14(12)17/h2-7,9,15,19H,8H2,1H3. The van der Waals surface area contributed by atoms with Crippen molar-refractivity contribution in [2.24, 2.45) is 0 Å². The predicted molar refractivity (Wildman–Crippen MR) is 88.8 cm³/mol. The average molecular weight is 404 g/mol. The van der Waals surface area contributed by atoms with Crippen LogP contribution in [0.15, 0.2) is 51.4 Å². The van der Waals surface area contributed by atoms with E-state index in [1.54, 1.807) is 0 Å². The van der Waals surface area contributed by atoms with Crippen LogP contribution in [-0.2, 0) is 6.42 Å². The van der Waals surface area contributed by atoms with E-state index in [4.69, 9.17) is 11.6 Å². The van der Waals surface area contributed by atoms with Gasteiger partial charge in [0.05, 0.1) is 0 Å². The van der Waals surface area contributed by atoms with Crippen LogP contribution in [-0.4, -0.2) is 7.05 Å². The fraction of sp³-hybridized carbons (Fsp3) is 0.200. The Morgan fingerprint density at radius 3 is 2.53 bits per heavy atom. The van der Waals surface area contributed by atoms with Gasteiger partial charge < -0.3 is 5.32 Å². The van der Waals surface area contributed by atoms with Crippen LogP contribution in [0.2, 0.25) is 5.02 Å². The van der Waals surface area contributed by atoms with Gasteiger partial charge >= 0.3 is 0 Å². The Kier molecular flexibility index (Phi) is 5.46. The van der Waals surface area contributed by atoms with Gasteiger partial charge in [-0.25, -0.2) is 0 Å². The molecule has 4 heteroatoms. The van der Waals surface area contributed by atoms with E-state index in [0.717, 1.165) is 20.4 Å². The van der Waals surface area contributed by atoms with Crippen LogP contribution >= 0.6 is 43.5 Å². The van der Waals surface area contributed by atoms with Crippen molar-refractivity contribution in [3.63, 3.8) is 0 Å². The summed E-state index contributed by atoms with van der Waals surface area (Å²) in [5, 5.41) is 4.11. The number of hydrogen-bond donors (Lipinski definition) is 1. The topological polar surface area (TPSA) is 12.0 Å². The number of benzene rings is 2. The predicted octanol–water partition coefficient (Wildman–Crippen LogP) is 5.37. The fourth-order valence-electron chi connectivity index (χ4n) is 2.03. The SMILES string of the molecule is CNC(Cc1ccccc1Br)c1cc(Cl)ccc1Br. The summed E-state index contributed by atoms with van der Waals surface area (Å²) in [6, 6.07) is 14.4. The van der Waals surface area contributed by atoms with Gasteiger partial charge in [0.1, 0.15) is 0 Å². The minimum absolute atomic E-state index is 0.215. The van der Waals surface area contributed by atoms with Crippen LogP contribution < -0.4 is 5.32 Å². The van der Waals surface area contributed by atoms with Crippen molar-refractivity contribution in [3.05, 3.63) is 67.6 Å². The summed E-state index contributed by atoms with van der Waals surface area (Å²) in [5.74, 6) is 0. The Labute approximate surface area is 135 Å². The highest BCUT2D eigenvalue weighted by molar-refractivity contribution is 9.10. The molecule has 0 bridgehead atoms. The zero-order chi connectivity index (χ0) is 13.8. The van der Waals surface area contributed by atoms with Crippen LogP contribution in [0.1, 0.15) is 17.2 Å². The smallest absolute Gasteiger partial charge is 0.0410 e. The molecule has 100 valence electrons. The van der Waals surface area contributed by atoms with Crippen LogP contribution in [0.4, 0.5) is 0 Å². The molecule has 1 unspecified atom stereocenters. The third-order valence-corrected chi connectivity index (χ3v) is 4.79. The first-order chi connectivity index (χ1) is 9.11. The molecule has 1 nitrogen and oxygen atoms in total. The van der Waals surface area contributed by atoms with Gasteiger partial charge in [-0.05, 0) is 48.9 Å². The van der Waals surface area contributed by atoms with E-state index in [1.807, 2.05) is 31.3 Å². The maximum absolute atomic E-state index is 6.09. The summed E-state index contributed by atoms with van der Waals surface area (Å²) in [4.78, 5) is 0. The minimum atomic E-state index is 0.215. The summed E-state index contributed by atoms with van der Waals surface area (Å²) in [5.41, 5.74) is 2.44. The summed E-state index contributed by atoms with van der Waals surface area (Å²) < 4.78 is 2.21. The van der Waals surface area contributed by atoms with Gasteiger partial charge in [0.25, 0.3) is 0 Å². The maximum Gasteiger partial charge on any atom is 0.0410 e. The normalized spacial score (nSPS) is 12.4. The zero-order valence-electron chi connectivity index (χ0n) is 10.5. The molecule has 2 aromatic carbocycles. The number of nitrogens with one attached hydrogen (secondary N) is 1. The van der Waals surface area contributed by atoms with E-state index in [9.17, 15) is 0 Å². The lowest BCUT2D eigenvalue weighted by Gasteiger charge is -2.19. The molecule has 1 atom stereocenters. The number of likely N-dealkylation sites (N-methyl/N-ethyl adjacent to an activating group) is 1. The van der Waals surface area contributed by atoms with Gasteiger partial charge in [0.2, 0.25) is 0 Å². The van der Waals surface area contributed by atoms with Crippen molar-refractivity contribution in [2.45, 2.75) is 12.5 Å². The monoisotopic (exact) mass is 401 g/mol. The van der Waals surface area contributed by atoms with Crippen molar-refractivity contribution < 1.29 is 0 Å². The summed E-state index contributed by atoms with van der Waals surface area (Å²) in [6.07, 6.45) is 0.900. The number of rotatable bonds is 4. The van der Waals surface area contributed by atoms with Gasteiger partial charge in [-0.2, -0.15) is 0 Å². The lowest BCUT2D eigenvalue weighted by Crippen LogP contribution is -2.19. The van der Waals surface area contributed by atoms with Crippen LogP contribution in [0, 0.1) is 0 Å². The summed E-state index contributed by atoms with van der Waals surface area (Å²) >= 11 is 13.3. The van der Waals surface area contributed by atoms with E-state index in [1.165, 1.54) is 11.1 Å². The van der Waals surface area contributed by atoms with Gasteiger partial charge in [-0.15, -0.1) is 0 Å². The highest BCUT2D eigenvalue weighted by Crippen LogP contribution is 2.30. The third kappa shape index (κ3) is 3.82. The fourth-order valence-corrected chi connectivity index (χ4v) is 3.18. The molecule has 0 spiro atoms. The Balaban J connectivity index is 2.30. The number of halogens is 3. The molecular formula is C15H14Br2ClN. The molecule has 0 aliphatic rings. The molecule has 0 saturated heterocycles. The van der Waals surface area contributed by atoms with E-state index < -0.39 is 0 Å². The molecule has 0 radical (unpaired) electrons. The molecule has 19 heavy (non-hydrogen) atoms. The van der Waals surface area contributed by atoms with Gasteiger partial charge in [0.15, 0.2) is 0 Å². The van der Waals surface area contributed by atoms with E-state index >= 15 is 0 Å². The Morgan fingerprint density at radius 1 is 1.11 bits per heavy atom. The number of hydrogen-bond acceptors (Lipinski definition) is 1. The Hall–Kier alpha value is -0.350. The molecular weight excluding hydrogens is 389 g/mol. The molecule has 0 aromatic heterocycles. The molecule has 0 saturated carbocycles. The molecule has 2 rings (SSSR count). The highest BCUT2D eigenvalue weighted by atomic mass is 79.9. The first kappa shape index (κ1) is 15.0. The zero-order valence-corrected chi connectivity index (χ0v) is 14.4. The van der Waals surface area contributed by atoms with Crippen LogP contribution in [0.5, 0.6) is 0 Å². The van der Waals surface area contributed by atoms with Crippen molar-refractivity contribution >= 4 is 43.5 Å². The Bertz CT molecular complexity index is 572. The van der Waals surface area contributed by atoms with E-state index in [2.05, 4.69) is 55.4 Å². The Morgan fingerprint density at radius 2 is 1.84 bits per heavy atom. The molecule has 0 aliphatic heterocycles. The van der Waals surface area contributed by atoms with Crippen LogP contribution in [0.25, 0.3) is 0 Å². The van der Waals surface area contributed by atoms with Crippen molar-refractivity contribution in [2.75, 3.05) is 7.05 Å². The minimum Gasteiger partial charge on any atom is -0.313 e. The highest BCUT2D eigenvalue weighted by Gasteiger charge is 2.15. The van der Waals surface area contributed by atoms with Crippen molar-refractivity contribution in [1.29, 1.82) is 0 Å². The van der Waals surface area contributed by atoms with Gasteiger partial charge in [-0.3, -0.25) is 0 Å². The average Bonchev–Trinajstić information content (AvgIpc) is 2.41. The molecule has 0 amide bonds. The second-order valence-corrected chi connectivity index (χ2v) is 6.45. The molecule has 0 aliphatic carbocycles. The first-order valence-corrected chi connectivity index (χ1v) is 7.94. The van der Waals surface area contributed by atoms with Crippen molar-refractivity contribution in [1.82, 2.24) is 5.32 Å². The molecule has 1 N–H and O–H groups in total. The van der Waals surface area contributed by atoms with Crippen LogP contribution in [0.3, 0.4) is 0 Å². The van der Waals surface area contributed by atoms with E-state index in [-0.39, 0.29) is 6.04 Å². The lowest BCUT2D eigenvalue weighted by atomic mass is 9.99. The van der Waals surface area contributed by atoms with E-state index in [0.29, 0.717) is 0 Å². The first-order valence-electron chi connectivity index (χ1n) is 5.97. The lowest BCUT2D eigenvalue weighted by molar-refractivity contribution is 0.589. The van der Waals surface area contributed by atoms with Gasteiger partial charge in [0, 0.05) is 20.0 Å². The molecule has 0 fully saturated rings. The molecule has 2 aromatic rings. The van der Waals surface area contributed by atoms with Crippen molar-refractivity contribution in [3.8, 4) is 0 Å². The summed E-state index contributed by atoms with van der Waals surface area (Å²) in [7, 11) is 1.97. The second-order valence-electron chi connectivity index (χ2n) is 4.30. The maximum atomic E-state index is 6.09. The third-order valence-electron chi connectivity index (χ3n) is 3.06. The molecule has 0 heterocycles. The second kappa shape index (κ2) is 6.89.